The van der Waals surface area contributed by atoms with Crippen LogP contribution in [0.1, 0.15) is 34.9 Å². The molecule has 14 heavy (non-hydrogen) atoms. The van der Waals surface area contributed by atoms with Gasteiger partial charge in [-0.05, 0) is 12.8 Å². The van der Waals surface area contributed by atoms with Gasteiger partial charge in [-0.3, -0.25) is 0 Å². The lowest BCUT2D eigenvalue weighted by Crippen LogP contribution is -2.08. The van der Waals surface area contributed by atoms with Gasteiger partial charge in [-0.1, -0.05) is 5.21 Å². The predicted octanol–water partition coefficient (Wildman–Crippen LogP) is 0.823. The summed E-state index contributed by atoms with van der Waals surface area (Å²) in [5.41, 5.74) is 0.552. The first-order chi connectivity index (χ1) is 6.74. The van der Waals surface area contributed by atoms with Crippen molar-refractivity contribution in [1.82, 2.24) is 15.0 Å². The van der Waals surface area contributed by atoms with E-state index in [1.165, 1.54) is 4.68 Å². The number of hydrogen-bond donors (Lipinski definition) is 1. The topological polar surface area (TPSA) is 68.0 Å². The van der Waals surface area contributed by atoms with Gasteiger partial charge in [0.05, 0.1) is 12.2 Å². The fourth-order valence-corrected chi connectivity index (χ4v) is 1.48. The van der Waals surface area contributed by atoms with Crippen molar-refractivity contribution in [2.75, 3.05) is 6.67 Å². The van der Waals surface area contributed by atoms with Crippen LogP contribution in [0, 0.1) is 0 Å². The highest BCUT2D eigenvalue weighted by atomic mass is 19.1. The fourth-order valence-electron chi connectivity index (χ4n) is 1.48. The molecule has 0 amide bonds. The Balaban J connectivity index is 2.36. The number of carboxylic acids is 1. The second kappa shape index (κ2) is 3.36. The van der Waals surface area contributed by atoms with E-state index in [1.54, 1.807) is 0 Å². The molecule has 0 bridgehead atoms. The first-order valence-electron chi connectivity index (χ1n) is 4.46. The van der Waals surface area contributed by atoms with E-state index in [1.807, 2.05) is 0 Å². The van der Waals surface area contributed by atoms with Crippen LogP contribution in [-0.4, -0.2) is 32.7 Å². The van der Waals surface area contributed by atoms with Gasteiger partial charge < -0.3 is 5.11 Å². The van der Waals surface area contributed by atoms with Gasteiger partial charge in [-0.25, -0.2) is 13.9 Å². The zero-order chi connectivity index (χ0) is 10.1. The second-order valence-electron chi connectivity index (χ2n) is 3.31. The Labute approximate surface area is 79.5 Å². The smallest absolute Gasteiger partial charge is 0.358 e. The summed E-state index contributed by atoms with van der Waals surface area (Å²) in [4.78, 5) is 10.8. The van der Waals surface area contributed by atoms with Crippen molar-refractivity contribution in [2.45, 2.75) is 25.3 Å². The molecule has 0 spiro atoms. The maximum atomic E-state index is 12.1. The molecule has 1 aliphatic carbocycles. The van der Waals surface area contributed by atoms with E-state index in [-0.39, 0.29) is 18.2 Å². The highest BCUT2D eigenvalue weighted by Gasteiger charge is 2.33. The number of hydrogen-bond acceptors (Lipinski definition) is 3. The molecule has 0 radical (unpaired) electrons. The van der Waals surface area contributed by atoms with Crippen molar-refractivity contribution in [2.24, 2.45) is 0 Å². The lowest BCUT2D eigenvalue weighted by atomic mass is 10.2. The molecule has 1 N–H and O–H groups in total. The number of carbonyl (C=O) groups is 1. The molecule has 0 aromatic carbocycles. The Morgan fingerprint density at radius 2 is 2.36 bits per heavy atom. The van der Waals surface area contributed by atoms with E-state index in [0.717, 1.165) is 12.8 Å². The fraction of sp³-hybridized carbons (Fsp3) is 0.625. The van der Waals surface area contributed by atoms with Crippen molar-refractivity contribution >= 4 is 5.97 Å². The molecule has 0 unspecified atom stereocenters. The van der Waals surface area contributed by atoms with Gasteiger partial charge in [-0.2, -0.15) is 0 Å². The van der Waals surface area contributed by atoms with E-state index >= 15 is 0 Å². The molecule has 1 aliphatic rings. The van der Waals surface area contributed by atoms with Gasteiger partial charge in [-0.15, -0.1) is 5.10 Å². The van der Waals surface area contributed by atoms with Crippen LogP contribution in [0.15, 0.2) is 0 Å². The maximum absolute atomic E-state index is 12.1. The van der Waals surface area contributed by atoms with Gasteiger partial charge in [0.2, 0.25) is 0 Å². The van der Waals surface area contributed by atoms with Crippen molar-refractivity contribution in [3.05, 3.63) is 11.4 Å². The summed E-state index contributed by atoms with van der Waals surface area (Å²) in [6.07, 6.45) is 1.89. The van der Waals surface area contributed by atoms with E-state index in [0.29, 0.717) is 5.69 Å². The molecule has 76 valence electrons. The Hall–Kier alpha value is -1.46. The third kappa shape index (κ3) is 1.47. The highest BCUT2D eigenvalue weighted by Crippen LogP contribution is 2.41. The van der Waals surface area contributed by atoms with Gasteiger partial charge in [0.1, 0.15) is 6.67 Å². The SMILES string of the molecule is O=C(O)c1nnn(CCF)c1C1CC1. The summed E-state index contributed by atoms with van der Waals surface area (Å²) in [6.45, 7) is -0.464. The molecular formula is C8H10FN3O2. The monoisotopic (exact) mass is 199 g/mol. The van der Waals surface area contributed by atoms with Crippen molar-refractivity contribution in [3.63, 3.8) is 0 Å². The van der Waals surface area contributed by atoms with E-state index in [2.05, 4.69) is 10.3 Å². The minimum Gasteiger partial charge on any atom is -0.476 e. The van der Waals surface area contributed by atoms with Crippen LogP contribution in [0.5, 0.6) is 0 Å². The Kier molecular flexibility index (Phi) is 2.18. The number of aromatic carboxylic acids is 1. The molecule has 1 aromatic heterocycles. The molecule has 1 saturated carbocycles. The number of alkyl halides is 1. The summed E-state index contributed by atoms with van der Waals surface area (Å²) >= 11 is 0. The number of nitrogens with zero attached hydrogens (tertiary/aromatic N) is 3. The molecule has 0 aliphatic heterocycles. The first kappa shape index (κ1) is 9.11. The standard InChI is InChI=1S/C8H10FN3O2/c9-3-4-12-7(5-1-2-5)6(8(13)14)10-11-12/h5H,1-4H2,(H,13,14). The average molecular weight is 199 g/mol. The minimum atomic E-state index is -1.09. The van der Waals surface area contributed by atoms with Gasteiger partial charge in [0.15, 0.2) is 5.69 Å². The lowest BCUT2D eigenvalue weighted by molar-refractivity contribution is 0.0689. The van der Waals surface area contributed by atoms with E-state index in [9.17, 15) is 9.18 Å². The lowest BCUT2D eigenvalue weighted by Gasteiger charge is -2.01. The van der Waals surface area contributed by atoms with Gasteiger partial charge in [0.25, 0.3) is 0 Å². The van der Waals surface area contributed by atoms with Crippen LogP contribution in [0.3, 0.4) is 0 Å². The predicted molar refractivity (Wildman–Crippen MR) is 44.9 cm³/mol. The Morgan fingerprint density at radius 1 is 1.64 bits per heavy atom. The van der Waals surface area contributed by atoms with Crippen LogP contribution in [0.4, 0.5) is 4.39 Å². The van der Waals surface area contributed by atoms with E-state index in [4.69, 9.17) is 5.11 Å². The van der Waals surface area contributed by atoms with Crippen LogP contribution in [0.2, 0.25) is 0 Å². The Bertz CT molecular complexity index is 359. The average Bonchev–Trinajstić information content (AvgIpc) is 2.88. The first-order valence-corrected chi connectivity index (χ1v) is 4.46. The third-order valence-electron chi connectivity index (χ3n) is 2.24. The molecule has 0 atom stereocenters. The molecule has 5 nitrogen and oxygen atoms in total. The molecule has 2 rings (SSSR count). The third-order valence-corrected chi connectivity index (χ3v) is 2.24. The molecule has 1 aromatic rings. The largest absolute Gasteiger partial charge is 0.476 e. The number of halogens is 1. The quantitative estimate of drug-likeness (QED) is 0.779. The molecular weight excluding hydrogens is 189 g/mol. The van der Waals surface area contributed by atoms with Gasteiger partial charge in [0, 0.05) is 5.92 Å². The molecule has 6 heteroatoms. The van der Waals surface area contributed by atoms with Crippen molar-refractivity contribution < 1.29 is 14.3 Å². The minimum absolute atomic E-state index is 0.0269. The van der Waals surface area contributed by atoms with Crippen molar-refractivity contribution in [1.29, 1.82) is 0 Å². The second-order valence-corrected chi connectivity index (χ2v) is 3.31. The van der Waals surface area contributed by atoms with Crippen molar-refractivity contribution in [3.8, 4) is 0 Å². The number of carboxylic acid groups (broad SMARTS) is 1. The Morgan fingerprint density at radius 3 is 2.86 bits per heavy atom. The summed E-state index contributed by atoms with van der Waals surface area (Å²) < 4.78 is 13.5. The van der Waals surface area contributed by atoms with Crippen LogP contribution >= 0.6 is 0 Å². The summed E-state index contributed by atoms with van der Waals surface area (Å²) in [6, 6.07) is 0. The molecule has 1 heterocycles. The van der Waals surface area contributed by atoms with Crippen LogP contribution in [-0.2, 0) is 6.54 Å². The normalized spacial score (nSPS) is 15.8. The van der Waals surface area contributed by atoms with Crippen LogP contribution < -0.4 is 0 Å². The molecule has 0 saturated heterocycles. The summed E-state index contributed by atoms with van der Waals surface area (Å²) in [5, 5.41) is 16.0. The number of rotatable bonds is 4. The number of aromatic nitrogens is 3. The maximum Gasteiger partial charge on any atom is 0.358 e. The molecule has 1 fully saturated rings. The van der Waals surface area contributed by atoms with Crippen LogP contribution in [0.25, 0.3) is 0 Å². The summed E-state index contributed by atoms with van der Waals surface area (Å²) in [7, 11) is 0. The highest BCUT2D eigenvalue weighted by molar-refractivity contribution is 5.86. The summed E-state index contributed by atoms with van der Waals surface area (Å²) in [5.74, 6) is -0.875. The van der Waals surface area contributed by atoms with Gasteiger partial charge >= 0.3 is 5.97 Å². The number of aryl methyl sites for hydroxylation is 1. The zero-order valence-corrected chi connectivity index (χ0v) is 7.48. The zero-order valence-electron chi connectivity index (χ0n) is 7.48. The van der Waals surface area contributed by atoms with E-state index < -0.39 is 12.6 Å².